The Balaban J connectivity index is 2.22. The fraction of sp³-hybridized carbons (Fsp3) is 0.222. The van der Waals surface area contributed by atoms with E-state index >= 15 is 0 Å². The van der Waals surface area contributed by atoms with E-state index in [2.05, 4.69) is 0 Å². The molecule has 0 aliphatic heterocycles. The summed E-state index contributed by atoms with van der Waals surface area (Å²) in [6.07, 6.45) is -0.461. The molecule has 0 spiro atoms. The molecule has 2 aromatic heterocycles. The predicted octanol–water partition coefficient (Wildman–Crippen LogP) is 3.57. The maximum atomic E-state index is 14.5. The van der Waals surface area contributed by atoms with Crippen LogP contribution < -0.4 is 4.74 Å². The molecule has 0 unspecified atom stereocenters. The van der Waals surface area contributed by atoms with Gasteiger partial charge in [0.25, 0.3) is 5.91 Å². The molecule has 0 saturated carbocycles. The molecule has 0 fully saturated rings. The van der Waals surface area contributed by atoms with Crippen LogP contribution in [-0.4, -0.2) is 33.3 Å². The number of fused-ring (bicyclic) bond motifs is 1. The van der Waals surface area contributed by atoms with E-state index in [0.29, 0.717) is 22.2 Å². The lowest BCUT2D eigenvalue weighted by Crippen LogP contribution is -2.12. The number of aromatic nitrogens is 1. The van der Waals surface area contributed by atoms with Gasteiger partial charge in [-0.25, -0.2) is 4.39 Å². The van der Waals surface area contributed by atoms with E-state index in [1.165, 1.54) is 10.6 Å². The van der Waals surface area contributed by atoms with Crippen molar-refractivity contribution in [2.75, 3.05) is 6.61 Å². The summed E-state index contributed by atoms with van der Waals surface area (Å²) in [5, 5.41) is 19.3. The lowest BCUT2D eigenvalue weighted by atomic mass is 10.1. The zero-order chi connectivity index (χ0) is 19.0. The second-order valence-corrected chi connectivity index (χ2v) is 6.67. The molecule has 2 heterocycles. The van der Waals surface area contributed by atoms with Crippen LogP contribution in [0.2, 0.25) is 0 Å². The highest BCUT2D eigenvalue weighted by Gasteiger charge is 2.25. The first-order valence-corrected chi connectivity index (χ1v) is 8.67. The van der Waals surface area contributed by atoms with Crippen LogP contribution in [0, 0.1) is 12.7 Å². The van der Waals surface area contributed by atoms with E-state index in [1.807, 2.05) is 6.92 Å². The van der Waals surface area contributed by atoms with Crippen LogP contribution in [0.4, 0.5) is 4.39 Å². The van der Waals surface area contributed by atoms with Gasteiger partial charge < -0.3 is 14.9 Å². The van der Waals surface area contributed by atoms with Crippen LogP contribution in [0.5, 0.6) is 10.8 Å². The molecule has 0 radical (unpaired) electrons. The lowest BCUT2D eigenvalue weighted by molar-refractivity contribution is -0.136. The van der Waals surface area contributed by atoms with Gasteiger partial charge in [0.15, 0.2) is 16.6 Å². The van der Waals surface area contributed by atoms with Crippen molar-refractivity contribution < 1.29 is 28.9 Å². The number of benzene rings is 1. The maximum Gasteiger partial charge on any atom is 0.307 e. The molecule has 8 heteroatoms. The molecule has 2 N–H and O–H groups in total. The monoisotopic (exact) mass is 377 g/mol. The van der Waals surface area contributed by atoms with Gasteiger partial charge in [-0.1, -0.05) is 11.3 Å². The average molecular weight is 377 g/mol. The molecular formula is C18H16FNO5S. The van der Waals surface area contributed by atoms with E-state index in [1.54, 1.807) is 19.1 Å². The third-order valence-electron chi connectivity index (χ3n) is 4.02. The van der Waals surface area contributed by atoms with Crippen LogP contribution in [0.25, 0.3) is 10.9 Å². The highest BCUT2D eigenvalue weighted by atomic mass is 32.1. The van der Waals surface area contributed by atoms with Crippen LogP contribution in [0.1, 0.15) is 27.9 Å². The maximum absolute atomic E-state index is 14.5. The van der Waals surface area contributed by atoms with E-state index in [-0.39, 0.29) is 16.5 Å². The molecule has 0 aliphatic carbocycles. The quantitative estimate of drug-likeness (QED) is 0.710. The Labute approximate surface area is 152 Å². The zero-order valence-electron chi connectivity index (χ0n) is 14.1. The van der Waals surface area contributed by atoms with Gasteiger partial charge in [0.1, 0.15) is 0 Å². The third-order valence-corrected chi connectivity index (χ3v) is 5.01. The number of aliphatic carboxylic acids is 1. The molecule has 136 valence electrons. The Morgan fingerprint density at radius 3 is 2.65 bits per heavy atom. The van der Waals surface area contributed by atoms with Crippen molar-refractivity contribution in [1.29, 1.82) is 0 Å². The summed E-state index contributed by atoms with van der Waals surface area (Å²) in [6, 6.07) is 5.83. The number of halogens is 1. The van der Waals surface area contributed by atoms with E-state index in [0.717, 1.165) is 17.4 Å². The fourth-order valence-corrected chi connectivity index (χ4v) is 3.76. The average Bonchev–Trinajstić information content (AvgIpc) is 3.15. The zero-order valence-corrected chi connectivity index (χ0v) is 14.9. The molecule has 3 rings (SSSR count). The summed E-state index contributed by atoms with van der Waals surface area (Å²) in [5.74, 6) is -3.10. The molecular weight excluding hydrogens is 361 g/mol. The van der Waals surface area contributed by atoms with Gasteiger partial charge in [0.2, 0.25) is 0 Å². The molecule has 0 saturated heterocycles. The Hall–Kier alpha value is -2.87. The number of aromatic hydroxyl groups is 1. The van der Waals surface area contributed by atoms with Crippen molar-refractivity contribution in [2.24, 2.45) is 0 Å². The normalized spacial score (nSPS) is 11.0. The number of phenolic OH excluding ortho intramolecular Hbond substituents is 1. The number of carboxylic acid groups (broad SMARTS) is 1. The van der Waals surface area contributed by atoms with Crippen molar-refractivity contribution in [3.63, 3.8) is 0 Å². The number of phenols is 1. The summed E-state index contributed by atoms with van der Waals surface area (Å²) in [7, 11) is 0. The minimum Gasteiger partial charge on any atom is -0.505 e. The first kappa shape index (κ1) is 17.9. The van der Waals surface area contributed by atoms with Crippen molar-refractivity contribution in [1.82, 2.24) is 4.57 Å². The minimum absolute atomic E-state index is 0.0557. The van der Waals surface area contributed by atoms with E-state index in [4.69, 9.17) is 9.84 Å². The van der Waals surface area contributed by atoms with Crippen molar-refractivity contribution in [2.45, 2.75) is 20.3 Å². The van der Waals surface area contributed by atoms with Gasteiger partial charge >= 0.3 is 5.97 Å². The molecule has 0 aliphatic rings. The molecule has 6 nitrogen and oxygen atoms in total. The number of hydrogen-bond acceptors (Lipinski definition) is 5. The molecule has 3 aromatic rings. The SMILES string of the molecule is CCOc1ccc(C(=O)n2c(C)c(CC(=O)O)c3c(F)c(O)ccc32)s1. The summed E-state index contributed by atoms with van der Waals surface area (Å²) < 4.78 is 21.1. The van der Waals surface area contributed by atoms with Crippen molar-refractivity contribution in [3.05, 3.63) is 46.2 Å². The van der Waals surface area contributed by atoms with Crippen LogP contribution in [0.15, 0.2) is 24.3 Å². The highest BCUT2D eigenvalue weighted by molar-refractivity contribution is 7.15. The molecule has 0 amide bonds. The van der Waals surface area contributed by atoms with Gasteiger partial charge in [0.05, 0.1) is 23.4 Å². The van der Waals surface area contributed by atoms with Gasteiger partial charge in [-0.15, -0.1) is 0 Å². The summed E-state index contributed by atoms with van der Waals surface area (Å²) in [6.45, 7) is 3.86. The fourth-order valence-electron chi connectivity index (χ4n) is 2.92. The minimum atomic E-state index is -1.16. The first-order valence-electron chi connectivity index (χ1n) is 7.85. The second kappa shape index (κ2) is 6.80. The third kappa shape index (κ3) is 2.92. The summed E-state index contributed by atoms with van der Waals surface area (Å²) >= 11 is 1.16. The number of carbonyl (C=O) groups excluding carboxylic acids is 1. The largest absolute Gasteiger partial charge is 0.505 e. The van der Waals surface area contributed by atoms with Crippen molar-refractivity contribution in [3.8, 4) is 10.8 Å². The molecule has 1 aromatic carbocycles. The standard InChI is InChI=1S/C18H16FNO5S/c1-3-25-15-7-6-13(26-15)18(24)20-9(2)10(8-14(22)23)16-11(20)4-5-12(21)17(16)19/h4-7,21H,3,8H2,1-2H3,(H,22,23). The smallest absolute Gasteiger partial charge is 0.307 e. The van der Waals surface area contributed by atoms with Gasteiger partial charge in [-0.05, 0) is 43.7 Å². The van der Waals surface area contributed by atoms with Gasteiger partial charge in [-0.2, -0.15) is 0 Å². The van der Waals surface area contributed by atoms with E-state index < -0.39 is 29.9 Å². The summed E-state index contributed by atoms with van der Waals surface area (Å²) in [4.78, 5) is 24.5. The van der Waals surface area contributed by atoms with Crippen molar-refractivity contribution >= 4 is 34.1 Å². The number of hydrogen-bond donors (Lipinski definition) is 2. The Morgan fingerprint density at radius 2 is 2.00 bits per heavy atom. The molecule has 0 bridgehead atoms. The Bertz CT molecular complexity index is 1020. The van der Waals surface area contributed by atoms with Gasteiger partial charge in [-0.3, -0.25) is 14.2 Å². The van der Waals surface area contributed by atoms with E-state index in [9.17, 15) is 19.1 Å². The van der Waals surface area contributed by atoms with Gasteiger partial charge in [0, 0.05) is 11.1 Å². The number of carboxylic acids is 1. The highest BCUT2D eigenvalue weighted by Crippen LogP contribution is 2.34. The number of rotatable bonds is 5. The second-order valence-electron chi connectivity index (χ2n) is 5.62. The van der Waals surface area contributed by atoms with Crippen LogP contribution in [0.3, 0.4) is 0 Å². The Kier molecular flexibility index (Phi) is 4.69. The lowest BCUT2D eigenvalue weighted by Gasteiger charge is -2.06. The number of thiophene rings is 1. The molecule has 0 atom stereocenters. The molecule has 26 heavy (non-hydrogen) atoms. The topological polar surface area (TPSA) is 88.8 Å². The Morgan fingerprint density at radius 1 is 1.27 bits per heavy atom. The number of carbonyl (C=O) groups is 2. The number of ether oxygens (including phenoxy) is 1. The first-order chi connectivity index (χ1) is 12.3. The number of nitrogens with zero attached hydrogens (tertiary/aromatic N) is 1. The predicted molar refractivity (Wildman–Crippen MR) is 94.9 cm³/mol. The van der Waals surface area contributed by atoms with Crippen LogP contribution >= 0.6 is 11.3 Å². The summed E-state index contributed by atoms with van der Waals surface area (Å²) in [5.41, 5.74) is 0.699. The van der Waals surface area contributed by atoms with Crippen LogP contribution in [-0.2, 0) is 11.2 Å².